The second-order valence-electron chi connectivity index (χ2n) is 4.26. The van der Waals surface area contributed by atoms with Gasteiger partial charge in [0.2, 0.25) is 0 Å². The summed E-state index contributed by atoms with van der Waals surface area (Å²) >= 11 is 0. The fraction of sp³-hybridized carbons (Fsp3) is 0.909. The fourth-order valence-corrected chi connectivity index (χ4v) is 2.09. The van der Waals surface area contributed by atoms with Crippen molar-refractivity contribution < 1.29 is 4.48 Å². The van der Waals surface area contributed by atoms with E-state index in [2.05, 4.69) is 41.5 Å². The third-order valence-corrected chi connectivity index (χ3v) is 3.24. The molecule has 0 aromatic carbocycles. The van der Waals surface area contributed by atoms with E-state index in [1.807, 2.05) is 0 Å². The monoisotopic (exact) mass is 173 g/mol. The highest BCUT2D eigenvalue weighted by Gasteiger charge is 2.35. The molecule has 0 atom stereocenters. The van der Waals surface area contributed by atoms with Crippen molar-refractivity contribution in [2.45, 2.75) is 47.1 Å². The maximum Gasteiger partial charge on any atom is 0.0907 e. The van der Waals surface area contributed by atoms with Crippen molar-refractivity contribution >= 4 is 0 Å². The van der Waals surface area contributed by atoms with Crippen molar-refractivity contribution in [1.82, 2.24) is 0 Å². The van der Waals surface area contributed by atoms with Crippen molar-refractivity contribution in [3.05, 3.63) is 7.43 Å². The average molecular weight is 173 g/mol. The lowest BCUT2D eigenvalue weighted by Crippen LogP contribution is -2.59. The molecule has 0 heterocycles. The van der Waals surface area contributed by atoms with Crippen LogP contribution < -0.4 is 0 Å². The molecule has 0 bridgehead atoms. The van der Waals surface area contributed by atoms with Crippen LogP contribution in [0, 0.1) is 7.43 Å². The van der Waals surface area contributed by atoms with E-state index in [1.165, 1.54) is 24.1 Å². The molecule has 0 N–H and O–H groups in total. The smallest absolute Gasteiger partial charge is 0.0907 e. The van der Waals surface area contributed by atoms with Crippen molar-refractivity contribution in [3.63, 3.8) is 0 Å². The fourth-order valence-electron chi connectivity index (χ4n) is 2.09. The van der Waals surface area contributed by atoms with Crippen LogP contribution in [0.15, 0.2) is 0 Å². The predicted octanol–water partition coefficient (Wildman–Crippen LogP) is 3.11. The SMILES string of the molecule is CC[N+](CC)(CC)C(C)(C)C.[CH3-]. The van der Waals surface area contributed by atoms with Gasteiger partial charge in [0.05, 0.1) is 25.2 Å². The maximum atomic E-state index is 2.34. The summed E-state index contributed by atoms with van der Waals surface area (Å²) < 4.78 is 1.23. The van der Waals surface area contributed by atoms with Crippen molar-refractivity contribution in [2.75, 3.05) is 19.6 Å². The summed E-state index contributed by atoms with van der Waals surface area (Å²) in [5.41, 5.74) is 0.401. The standard InChI is InChI=1S/C10H24N.CH3/c1-7-11(8-2,9-3)10(4,5)6;/h7-9H2,1-6H3;1H3/q+1;-1. The molecule has 0 fully saturated rings. The average Bonchev–Trinajstić information content (AvgIpc) is 1.90. The third kappa shape index (κ3) is 2.48. The van der Waals surface area contributed by atoms with Gasteiger partial charge in [-0.15, -0.1) is 0 Å². The highest BCUT2D eigenvalue weighted by Crippen LogP contribution is 2.23. The van der Waals surface area contributed by atoms with Gasteiger partial charge in [0, 0.05) is 0 Å². The summed E-state index contributed by atoms with van der Waals surface area (Å²) in [6.45, 7) is 17.6. The van der Waals surface area contributed by atoms with Gasteiger partial charge in [-0.25, -0.2) is 0 Å². The first-order valence-corrected chi connectivity index (χ1v) is 4.79. The van der Waals surface area contributed by atoms with Gasteiger partial charge in [-0.3, -0.25) is 0 Å². The van der Waals surface area contributed by atoms with Gasteiger partial charge in [0.15, 0.2) is 0 Å². The molecule has 76 valence electrons. The van der Waals surface area contributed by atoms with Gasteiger partial charge >= 0.3 is 0 Å². The van der Waals surface area contributed by atoms with E-state index < -0.39 is 0 Å². The number of nitrogens with zero attached hydrogens (tertiary/aromatic N) is 1. The summed E-state index contributed by atoms with van der Waals surface area (Å²) in [6.07, 6.45) is 0. The normalized spacial score (nSPS) is 12.5. The Bertz CT molecular complexity index is 98.4. The number of quaternary nitrogens is 1. The molecule has 0 unspecified atom stereocenters. The number of rotatable bonds is 3. The Morgan fingerprint density at radius 1 is 0.833 bits per heavy atom. The topological polar surface area (TPSA) is 0 Å². The minimum Gasteiger partial charge on any atom is -0.358 e. The quantitative estimate of drug-likeness (QED) is 0.454. The molecule has 0 saturated carbocycles. The summed E-state index contributed by atoms with van der Waals surface area (Å²) in [5, 5.41) is 0. The second kappa shape index (κ2) is 4.86. The van der Waals surface area contributed by atoms with Gasteiger partial charge in [0.25, 0.3) is 0 Å². The van der Waals surface area contributed by atoms with E-state index >= 15 is 0 Å². The lowest BCUT2D eigenvalue weighted by molar-refractivity contribution is -0.966. The largest absolute Gasteiger partial charge is 0.358 e. The van der Waals surface area contributed by atoms with Crippen LogP contribution in [0.5, 0.6) is 0 Å². The summed E-state index contributed by atoms with van der Waals surface area (Å²) in [4.78, 5) is 0. The van der Waals surface area contributed by atoms with Crippen LogP contribution in [0.3, 0.4) is 0 Å². The Hall–Kier alpha value is -0.0400. The van der Waals surface area contributed by atoms with Gasteiger partial charge in [-0.2, -0.15) is 0 Å². The van der Waals surface area contributed by atoms with E-state index in [1.54, 1.807) is 0 Å². The van der Waals surface area contributed by atoms with E-state index in [9.17, 15) is 0 Å². The summed E-state index contributed by atoms with van der Waals surface area (Å²) in [5.74, 6) is 0. The molecule has 0 aliphatic heterocycles. The van der Waals surface area contributed by atoms with E-state index in [-0.39, 0.29) is 7.43 Å². The molecule has 0 aromatic heterocycles. The molecule has 0 aliphatic rings. The highest BCUT2D eigenvalue weighted by molar-refractivity contribution is 4.62. The second-order valence-corrected chi connectivity index (χ2v) is 4.26. The van der Waals surface area contributed by atoms with Crippen LogP contribution in [-0.2, 0) is 0 Å². The zero-order chi connectivity index (χ0) is 9.12. The zero-order valence-electron chi connectivity index (χ0n) is 10.1. The lowest BCUT2D eigenvalue weighted by atomic mass is 10.0. The van der Waals surface area contributed by atoms with Crippen LogP contribution in [0.1, 0.15) is 41.5 Å². The molecule has 0 rings (SSSR count). The third-order valence-electron chi connectivity index (χ3n) is 3.24. The lowest BCUT2D eigenvalue weighted by Gasteiger charge is -2.47. The minimum absolute atomic E-state index is 0. The first-order valence-electron chi connectivity index (χ1n) is 4.79. The Kier molecular flexibility index (Phi) is 5.86. The molecule has 0 aliphatic carbocycles. The molecular formula is C11H27N. The Labute approximate surface area is 79.4 Å². The molecular weight excluding hydrogens is 146 g/mol. The number of hydrogen-bond acceptors (Lipinski definition) is 0. The van der Waals surface area contributed by atoms with E-state index in [0.717, 1.165) is 0 Å². The maximum absolute atomic E-state index is 2.34. The van der Waals surface area contributed by atoms with E-state index in [0.29, 0.717) is 5.54 Å². The molecule has 0 amide bonds. The van der Waals surface area contributed by atoms with Crippen molar-refractivity contribution in [3.8, 4) is 0 Å². The van der Waals surface area contributed by atoms with Crippen LogP contribution in [0.25, 0.3) is 0 Å². The summed E-state index contributed by atoms with van der Waals surface area (Å²) in [7, 11) is 0. The first kappa shape index (κ1) is 14.5. The van der Waals surface area contributed by atoms with E-state index in [4.69, 9.17) is 0 Å². The number of hydrogen-bond donors (Lipinski definition) is 0. The Morgan fingerprint density at radius 2 is 1.08 bits per heavy atom. The zero-order valence-corrected chi connectivity index (χ0v) is 10.1. The molecule has 0 spiro atoms. The van der Waals surface area contributed by atoms with Gasteiger partial charge in [0.1, 0.15) is 0 Å². The first-order chi connectivity index (χ1) is 4.93. The van der Waals surface area contributed by atoms with Gasteiger partial charge in [-0.05, 0) is 41.5 Å². The molecule has 0 radical (unpaired) electrons. The predicted molar refractivity (Wildman–Crippen MR) is 58.1 cm³/mol. The van der Waals surface area contributed by atoms with Crippen molar-refractivity contribution in [1.29, 1.82) is 0 Å². The molecule has 0 aromatic rings. The summed E-state index contributed by atoms with van der Waals surface area (Å²) in [6, 6.07) is 0. The van der Waals surface area contributed by atoms with Gasteiger partial charge in [-0.1, -0.05) is 0 Å². The Morgan fingerprint density at radius 3 is 1.08 bits per heavy atom. The highest BCUT2D eigenvalue weighted by atomic mass is 15.4. The van der Waals surface area contributed by atoms with Crippen LogP contribution in [-0.4, -0.2) is 29.7 Å². The van der Waals surface area contributed by atoms with Crippen molar-refractivity contribution in [2.24, 2.45) is 0 Å². The molecule has 1 heteroatoms. The van der Waals surface area contributed by atoms with Crippen LogP contribution in [0.4, 0.5) is 0 Å². The van der Waals surface area contributed by atoms with Gasteiger partial charge < -0.3 is 11.9 Å². The molecule has 1 nitrogen and oxygen atoms in total. The minimum atomic E-state index is 0. The Balaban J connectivity index is 0. The molecule has 12 heavy (non-hydrogen) atoms. The van der Waals surface area contributed by atoms with Crippen LogP contribution in [0.2, 0.25) is 0 Å². The molecule has 0 saturated heterocycles. The van der Waals surface area contributed by atoms with Crippen LogP contribution >= 0.6 is 0 Å².